The molecule has 0 bridgehead atoms. The topological polar surface area (TPSA) is 43.4 Å². The van der Waals surface area contributed by atoms with Crippen LogP contribution < -0.4 is 0 Å². The van der Waals surface area contributed by atoms with Gasteiger partial charge in [0.05, 0.1) is 7.11 Å². The molecule has 3 heteroatoms. The van der Waals surface area contributed by atoms with Crippen molar-refractivity contribution in [2.24, 2.45) is 11.8 Å². The monoisotopic (exact) mass is 252 g/mol. The first-order valence-electron chi connectivity index (χ1n) is 6.30. The first-order chi connectivity index (χ1) is 8.36. The molecule has 0 aliphatic carbocycles. The molecule has 0 aromatic rings. The Balaban J connectivity index is 4.52. The van der Waals surface area contributed by atoms with Crippen molar-refractivity contribution < 1.29 is 14.3 Å². The lowest BCUT2D eigenvalue weighted by Gasteiger charge is -2.16. The molecule has 0 saturated heterocycles. The molecule has 0 aromatic heterocycles. The number of esters is 1. The van der Waals surface area contributed by atoms with Crippen LogP contribution in [0.15, 0.2) is 23.8 Å². The third-order valence-electron chi connectivity index (χ3n) is 2.84. The van der Waals surface area contributed by atoms with Gasteiger partial charge in [-0.25, -0.2) is 4.79 Å². The molecule has 0 aliphatic heterocycles. The quantitative estimate of drug-likeness (QED) is 0.396. The summed E-state index contributed by atoms with van der Waals surface area (Å²) in [7, 11) is 1.36. The van der Waals surface area contributed by atoms with Gasteiger partial charge in [0.25, 0.3) is 0 Å². The van der Waals surface area contributed by atoms with Gasteiger partial charge in [0.1, 0.15) is 5.78 Å². The minimum absolute atomic E-state index is 0.218. The van der Waals surface area contributed by atoms with Crippen LogP contribution in [0, 0.1) is 11.8 Å². The molecule has 0 aromatic carbocycles. The Morgan fingerprint density at radius 1 is 1.22 bits per heavy atom. The van der Waals surface area contributed by atoms with Gasteiger partial charge < -0.3 is 9.53 Å². The highest BCUT2D eigenvalue weighted by Gasteiger charge is 2.10. The Labute approximate surface area is 110 Å². The van der Waals surface area contributed by atoms with Crippen LogP contribution in [0.25, 0.3) is 0 Å². The molecule has 3 nitrogen and oxygen atoms in total. The van der Waals surface area contributed by atoms with Gasteiger partial charge in [-0.2, -0.15) is 0 Å². The molecule has 1 unspecified atom stereocenters. The van der Waals surface area contributed by atoms with Crippen molar-refractivity contribution >= 4 is 11.8 Å². The van der Waals surface area contributed by atoms with E-state index in [1.165, 1.54) is 13.2 Å². The SMILES string of the molecule is COC(=O)C=C(C)C=CC(CCC(C)=O)C(C)C. The molecule has 0 N–H and O–H groups in total. The summed E-state index contributed by atoms with van der Waals surface area (Å²) >= 11 is 0. The zero-order valence-corrected chi connectivity index (χ0v) is 12.0. The minimum atomic E-state index is -0.345. The predicted molar refractivity (Wildman–Crippen MR) is 73.2 cm³/mol. The van der Waals surface area contributed by atoms with Gasteiger partial charge in [-0.15, -0.1) is 0 Å². The summed E-state index contributed by atoms with van der Waals surface area (Å²) in [5.74, 6) is 0.708. The van der Waals surface area contributed by atoms with Crippen LogP contribution in [-0.2, 0) is 14.3 Å². The summed E-state index contributed by atoms with van der Waals surface area (Å²) in [5, 5.41) is 0. The third kappa shape index (κ3) is 7.82. The first kappa shape index (κ1) is 16.6. The number of hydrogen-bond acceptors (Lipinski definition) is 3. The average molecular weight is 252 g/mol. The lowest BCUT2D eigenvalue weighted by Crippen LogP contribution is -2.07. The number of ketones is 1. The first-order valence-corrected chi connectivity index (χ1v) is 6.30. The largest absolute Gasteiger partial charge is 0.466 e. The van der Waals surface area contributed by atoms with Gasteiger partial charge in [0, 0.05) is 12.5 Å². The summed E-state index contributed by atoms with van der Waals surface area (Å²) in [6, 6.07) is 0. The number of allylic oxidation sites excluding steroid dienone is 3. The summed E-state index contributed by atoms with van der Waals surface area (Å²) in [5.41, 5.74) is 0.857. The van der Waals surface area contributed by atoms with E-state index < -0.39 is 0 Å². The van der Waals surface area contributed by atoms with Gasteiger partial charge in [-0.3, -0.25) is 0 Å². The van der Waals surface area contributed by atoms with Gasteiger partial charge in [-0.05, 0) is 37.7 Å². The van der Waals surface area contributed by atoms with Crippen molar-refractivity contribution in [3.05, 3.63) is 23.8 Å². The molecule has 0 heterocycles. The zero-order valence-electron chi connectivity index (χ0n) is 12.0. The zero-order chi connectivity index (χ0) is 14.1. The molecule has 1 atom stereocenters. The second kappa shape index (κ2) is 8.67. The predicted octanol–water partition coefficient (Wildman–Crippen LogP) is 3.30. The summed E-state index contributed by atoms with van der Waals surface area (Å²) in [6.07, 6.45) is 6.91. The lowest BCUT2D eigenvalue weighted by atomic mass is 9.89. The van der Waals surface area contributed by atoms with E-state index in [4.69, 9.17) is 0 Å². The van der Waals surface area contributed by atoms with Crippen LogP contribution in [0.4, 0.5) is 0 Å². The Kier molecular flexibility index (Phi) is 8.01. The van der Waals surface area contributed by atoms with Crippen LogP contribution in [0.5, 0.6) is 0 Å². The maximum Gasteiger partial charge on any atom is 0.330 e. The normalized spacial score (nSPS) is 14.0. The Bertz CT molecular complexity index is 338. The average Bonchev–Trinajstić information content (AvgIpc) is 2.27. The van der Waals surface area contributed by atoms with E-state index >= 15 is 0 Å². The molecule has 0 amide bonds. The van der Waals surface area contributed by atoms with Crippen molar-refractivity contribution in [1.29, 1.82) is 0 Å². The van der Waals surface area contributed by atoms with E-state index in [1.807, 2.05) is 13.0 Å². The van der Waals surface area contributed by atoms with Crippen molar-refractivity contribution in [3.63, 3.8) is 0 Å². The maximum atomic E-state index is 11.0. The highest BCUT2D eigenvalue weighted by atomic mass is 16.5. The Hall–Kier alpha value is -1.38. The van der Waals surface area contributed by atoms with Crippen LogP contribution in [0.3, 0.4) is 0 Å². The fourth-order valence-corrected chi connectivity index (χ4v) is 1.59. The molecular formula is C15H24O3. The summed E-state index contributed by atoms with van der Waals surface area (Å²) < 4.78 is 4.56. The highest BCUT2D eigenvalue weighted by Crippen LogP contribution is 2.19. The number of rotatable bonds is 7. The summed E-state index contributed by atoms with van der Waals surface area (Å²) in [4.78, 5) is 22.0. The van der Waals surface area contributed by atoms with Crippen LogP contribution in [0.1, 0.15) is 40.5 Å². The number of ether oxygens (including phenoxy) is 1. The van der Waals surface area contributed by atoms with Crippen molar-refractivity contribution in [2.45, 2.75) is 40.5 Å². The van der Waals surface area contributed by atoms with Crippen LogP contribution >= 0.6 is 0 Å². The lowest BCUT2D eigenvalue weighted by molar-refractivity contribution is -0.134. The number of methoxy groups -OCH3 is 1. The van der Waals surface area contributed by atoms with E-state index in [0.29, 0.717) is 18.3 Å². The van der Waals surface area contributed by atoms with Gasteiger partial charge in [0.15, 0.2) is 0 Å². The van der Waals surface area contributed by atoms with E-state index in [0.717, 1.165) is 12.0 Å². The maximum absolute atomic E-state index is 11.0. The Morgan fingerprint density at radius 2 is 1.83 bits per heavy atom. The smallest absolute Gasteiger partial charge is 0.330 e. The van der Waals surface area contributed by atoms with Crippen LogP contribution in [0.2, 0.25) is 0 Å². The molecule has 0 saturated carbocycles. The van der Waals surface area contributed by atoms with E-state index in [2.05, 4.69) is 24.7 Å². The van der Waals surface area contributed by atoms with Gasteiger partial charge >= 0.3 is 5.97 Å². The second-order valence-electron chi connectivity index (χ2n) is 4.92. The van der Waals surface area contributed by atoms with Crippen molar-refractivity contribution in [1.82, 2.24) is 0 Å². The minimum Gasteiger partial charge on any atom is -0.466 e. The Morgan fingerprint density at radius 3 is 2.28 bits per heavy atom. The molecule has 0 fully saturated rings. The molecule has 0 rings (SSSR count). The second-order valence-corrected chi connectivity index (χ2v) is 4.92. The molecule has 0 aliphatic rings. The third-order valence-corrected chi connectivity index (χ3v) is 2.84. The van der Waals surface area contributed by atoms with Crippen LogP contribution in [-0.4, -0.2) is 18.9 Å². The molecule has 0 radical (unpaired) electrons. The number of Topliss-reactive ketones (excluding diaryl/α,β-unsaturated/α-hetero) is 1. The molecule has 18 heavy (non-hydrogen) atoms. The van der Waals surface area contributed by atoms with Crippen molar-refractivity contribution in [2.75, 3.05) is 7.11 Å². The van der Waals surface area contributed by atoms with Gasteiger partial charge in [-0.1, -0.05) is 26.0 Å². The fourth-order valence-electron chi connectivity index (χ4n) is 1.59. The standard InChI is InChI=1S/C15H24O3/c1-11(2)14(9-7-13(4)16)8-6-12(3)10-15(17)18-5/h6,8,10-11,14H,7,9H2,1-5H3. The molecular weight excluding hydrogens is 228 g/mol. The van der Waals surface area contributed by atoms with Crippen molar-refractivity contribution in [3.8, 4) is 0 Å². The van der Waals surface area contributed by atoms with E-state index in [9.17, 15) is 9.59 Å². The van der Waals surface area contributed by atoms with Gasteiger partial charge in [0.2, 0.25) is 0 Å². The number of carbonyl (C=O) groups excluding carboxylic acids is 2. The fraction of sp³-hybridized carbons (Fsp3) is 0.600. The van der Waals surface area contributed by atoms with E-state index in [1.54, 1.807) is 6.92 Å². The molecule has 0 spiro atoms. The number of carbonyl (C=O) groups is 2. The highest BCUT2D eigenvalue weighted by molar-refractivity contribution is 5.83. The number of hydrogen-bond donors (Lipinski definition) is 0. The molecule has 102 valence electrons. The van der Waals surface area contributed by atoms with E-state index in [-0.39, 0.29) is 11.8 Å². The summed E-state index contributed by atoms with van der Waals surface area (Å²) in [6.45, 7) is 7.74.